The summed E-state index contributed by atoms with van der Waals surface area (Å²) in [5.74, 6) is 0.570. The Kier molecular flexibility index (Phi) is 5.58. The number of nitrogens with zero attached hydrogens (tertiary/aromatic N) is 1. The zero-order valence-corrected chi connectivity index (χ0v) is 17.7. The van der Waals surface area contributed by atoms with Crippen molar-refractivity contribution in [3.63, 3.8) is 0 Å². The average molecular weight is 419 g/mol. The average Bonchev–Trinajstić information content (AvgIpc) is 2.98. The smallest absolute Gasteiger partial charge is 0.348 e. The summed E-state index contributed by atoms with van der Waals surface area (Å²) in [6.07, 6.45) is 1.73. The predicted molar refractivity (Wildman–Crippen MR) is 113 cm³/mol. The zero-order chi connectivity index (χ0) is 20.6. The van der Waals surface area contributed by atoms with Crippen molar-refractivity contribution in [1.29, 1.82) is 0 Å². The van der Waals surface area contributed by atoms with Gasteiger partial charge in [0, 0.05) is 0 Å². The molecule has 0 unspecified atom stereocenters. The number of aromatic nitrogens is 2. The van der Waals surface area contributed by atoms with Gasteiger partial charge < -0.3 is 14.5 Å². The van der Waals surface area contributed by atoms with Gasteiger partial charge in [-0.25, -0.2) is 9.78 Å². The molecular formula is C20H19ClN2O4S. The number of aryl methyl sites for hydroxylation is 3. The number of thiophene rings is 1. The molecule has 1 aromatic carbocycles. The molecule has 0 aliphatic heterocycles. The van der Waals surface area contributed by atoms with Crippen molar-refractivity contribution in [3.8, 4) is 5.75 Å². The van der Waals surface area contributed by atoms with Crippen molar-refractivity contribution in [2.75, 3.05) is 14.2 Å². The van der Waals surface area contributed by atoms with Crippen LogP contribution in [-0.4, -0.2) is 30.2 Å². The van der Waals surface area contributed by atoms with Gasteiger partial charge in [0.2, 0.25) is 0 Å². The molecule has 1 N–H and O–H groups in total. The van der Waals surface area contributed by atoms with E-state index >= 15 is 0 Å². The van der Waals surface area contributed by atoms with E-state index in [4.69, 9.17) is 21.1 Å². The number of methoxy groups -OCH3 is 2. The van der Waals surface area contributed by atoms with E-state index in [-0.39, 0.29) is 16.4 Å². The highest BCUT2D eigenvalue weighted by Gasteiger charge is 2.20. The third-order valence-electron chi connectivity index (χ3n) is 4.38. The number of ether oxygens (including phenoxy) is 2. The van der Waals surface area contributed by atoms with Crippen molar-refractivity contribution in [1.82, 2.24) is 9.97 Å². The van der Waals surface area contributed by atoms with Crippen LogP contribution in [0.5, 0.6) is 5.75 Å². The number of aromatic amines is 1. The topological polar surface area (TPSA) is 81.3 Å². The Balaban J connectivity index is 2.10. The van der Waals surface area contributed by atoms with Gasteiger partial charge in [-0.3, -0.25) is 4.79 Å². The van der Waals surface area contributed by atoms with Crippen molar-refractivity contribution >= 4 is 50.2 Å². The predicted octanol–water partition coefficient (Wildman–Crippen LogP) is 4.44. The number of carbonyl (C=O) groups is 1. The van der Waals surface area contributed by atoms with Gasteiger partial charge in [-0.2, -0.15) is 0 Å². The van der Waals surface area contributed by atoms with Gasteiger partial charge in [-0.05, 0) is 61.2 Å². The van der Waals surface area contributed by atoms with E-state index in [1.807, 2.05) is 26.0 Å². The largest absolute Gasteiger partial charge is 0.496 e. The Labute approximate surface area is 170 Å². The Bertz CT molecular complexity index is 1150. The molecule has 0 atom stereocenters. The van der Waals surface area contributed by atoms with E-state index < -0.39 is 5.97 Å². The lowest BCUT2D eigenvalue weighted by molar-refractivity contribution is 0.0605. The second-order valence-corrected chi connectivity index (χ2v) is 7.73. The summed E-state index contributed by atoms with van der Waals surface area (Å²) in [6.45, 7) is 5.60. The summed E-state index contributed by atoms with van der Waals surface area (Å²) in [5.41, 5.74) is 3.02. The Morgan fingerprint density at radius 2 is 1.86 bits per heavy atom. The first kappa shape index (κ1) is 20.1. The van der Waals surface area contributed by atoms with Crippen LogP contribution in [0.15, 0.2) is 16.9 Å². The number of esters is 1. The number of hydrogen-bond acceptors (Lipinski definition) is 6. The van der Waals surface area contributed by atoms with Gasteiger partial charge in [0.25, 0.3) is 5.56 Å². The molecule has 0 saturated carbocycles. The molecule has 2 heterocycles. The van der Waals surface area contributed by atoms with E-state index in [1.165, 1.54) is 7.11 Å². The summed E-state index contributed by atoms with van der Waals surface area (Å²) in [6, 6.07) is 3.88. The molecule has 3 rings (SSSR count). The Hall–Kier alpha value is -2.64. The standard InChI is InChI=1S/C20H19ClN2O4S/c1-9-6-12(7-10(2)15(9)26-4)8-13(21)17-22-18(24)14-11(3)16(20(25)27-5)28-19(14)23-17/h6-8H,1-5H3,(H,22,23,24). The summed E-state index contributed by atoms with van der Waals surface area (Å²) in [4.78, 5) is 32.4. The third kappa shape index (κ3) is 3.55. The molecule has 3 aromatic rings. The lowest BCUT2D eigenvalue weighted by Crippen LogP contribution is -2.10. The second kappa shape index (κ2) is 7.77. The maximum atomic E-state index is 12.5. The van der Waals surface area contributed by atoms with Crippen LogP contribution >= 0.6 is 22.9 Å². The van der Waals surface area contributed by atoms with Crippen LogP contribution in [-0.2, 0) is 4.74 Å². The van der Waals surface area contributed by atoms with Crippen LogP contribution in [0.3, 0.4) is 0 Å². The van der Waals surface area contributed by atoms with Gasteiger partial charge in [0.15, 0.2) is 5.82 Å². The second-order valence-electron chi connectivity index (χ2n) is 6.32. The highest BCUT2D eigenvalue weighted by Crippen LogP contribution is 2.30. The van der Waals surface area contributed by atoms with Crippen molar-refractivity contribution < 1.29 is 14.3 Å². The molecule has 146 valence electrons. The Morgan fingerprint density at radius 1 is 1.21 bits per heavy atom. The minimum absolute atomic E-state index is 0.239. The van der Waals surface area contributed by atoms with Crippen LogP contribution in [0.25, 0.3) is 21.3 Å². The molecular weight excluding hydrogens is 400 g/mol. The molecule has 0 bridgehead atoms. The molecule has 0 aliphatic rings. The first-order chi connectivity index (χ1) is 13.3. The minimum Gasteiger partial charge on any atom is -0.496 e. The number of nitrogens with one attached hydrogen (secondary N) is 1. The van der Waals surface area contributed by atoms with Crippen LogP contribution < -0.4 is 10.3 Å². The van der Waals surface area contributed by atoms with Crippen molar-refractivity contribution in [3.05, 3.63) is 55.4 Å². The lowest BCUT2D eigenvalue weighted by Gasteiger charge is -2.09. The number of rotatable bonds is 4. The Morgan fingerprint density at radius 3 is 2.43 bits per heavy atom. The van der Waals surface area contributed by atoms with E-state index in [0.29, 0.717) is 20.7 Å². The zero-order valence-electron chi connectivity index (χ0n) is 16.1. The fourth-order valence-corrected chi connectivity index (χ4v) is 4.46. The monoisotopic (exact) mass is 418 g/mol. The van der Waals surface area contributed by atoms with Crippen molar-refractivity contribution in [2.45, 2.75) is 20.8 Å². The quantitative estimate of drug-likeness (QED) is 0.633. The summed E-state index contributed by atoms with van der Waals surface area (Å²) in [5, 5.41) is 0.656. The molecule has 0 aliphatic carbocycles. The SMILES string of the molecule is COC(=O)c1sc2nc(C(Cl)=Cc3cc(C)c(OC)c(C)c3)[nH]c(=O)c2c1C. The molecule has 28 heavy (non-hydrogen) atoms. The maximum Gasteiger partial charge on any atom is 0.348 e. The van der Waals surface area contributed by atoms with Gasteiger partial charge in [-0.1, -0.05) is 11.6 Å². The van der Waals surface area contributed by atoms with Crippen LogP contribution in [0.4, 0.5) is 0 Å². The van der Waals surface area contributed by atoms with E-state index in [1.54, 1.807) is 20.1 Å². The van der Waals surface area contributed by atoms with E-state index in [9.17, 15) is 9.59 Å². The molecule has 0 spiro atoms. The molecule has 0 radical (unpaired) electrons. The number of benzene rings is 1. The fourth-order valence-electron chi connectivity index (χ4n) is 3.15. The summed E-state index contributed by atoms with van der Waals surface area (Å²) < 4.78 is 10.1. The van der Waals surface area contributed by atoms with Crippen LogP contribution in [0.1, 0.15) is 37.7 Å². The number of fused-ring (bicyclic) bond motifs is 1. The number of halogens is 1. The normalized spacial score (nSPS) is 11.7. The lowest BCUT2D eigenvalue weighted by atomic mass is 10.1. The molecule has 6 nitrogen and oxygen atoms in total. The third-order valence-corrected chi connectivity index (χ3v) is 5.83. The molecule has 2 aromatic heterocycles. The highest BCUT2D eigenvalue weighted by atomic mass is 35.5. The van der Waals surface area contributed by atoms with E-state index in [0.717, 1.165) is 33.8 Å². The molecule has 0 saturated heterocycles. The fraction of sp³-hybridized carbons (Fsp3) is 0.250. The van der Waals surface area contributed by atoms with Crippen LogP contribution in [0.2, 0.25) is 0 Å². The minimum atomic E-state index is -0.493. The van der Waals surface area contributed by atoms with Gasteiger partial charge in [0.1, 0.15) is 15.5 Å². The number of H-pyrrole nitrogens is 1. The van der Waals surface area contributed by atoms with Gasteiger partial charge in [-0.15, -0.1) is 11.3 Å². The first-order valence-corrected chi connectivity index (χ1v) is 9.60. The van der Waals surface area contributed by atoms with E-state index in [2.05, 4.69) is 9.97 Å². The maximum absolute atomic E-state index is 12.5. The highest BCUT2D eigenvalue weighted by molar-refractivity contribution is 7.20. The number of carbonyl (C=O) groups excluding carboxylic acids is 1. The van der Waals surface area contributed by atoms with Crippen molar-refractivity contribution in [2.24, 2.45) is 0 Å². The number of hydrogen-bond donors (Lipinski definition) is 1. The summed E-state index contributed by atoms with van der Waals surface area (Å²) >= 11 is 7.55. The summed E-state index contributed by atoms with van der Waals surface area (Å²) in [7, 11) is 2.93. The first-order valence-electron chi connectivity index (χ1n) is 8.41. The van der Waals surface area contributed by atoms with Gasteiger partial charge in [0.05, 0.1) is 24.6 Å². The molecule has 0 fully saturated rings. The van der Waals surface area contributed by atoms with Gasteiger partial charge >= 0.3 is 5.97 Å². The molecule has 0 amide bonds. The molecule has 8 heteroatoms. The van der Waals surface area contributed by atoms with Crippen LogP contribution in [0, 0.1) is 20.8 Å².